The Hall–Kier alpha value is -2.03. The monoisotopic (exact) mass is 245 g/mol. The minimum atomic E-state index is -0.269. The fourth-order valence-electron chi connectivity index (χ4n) is 1.61. The van der Waals surface area contributed by atoms with Crippen molar-refractivity contribution >= 4 is 5.69 Å². The highest BCUT2D eigenvalue weighted by atomic mass is 19.1. The van der Waals surface area contributed by atoms with Gasteiger partial charge < -0.3 is 10.1 Å². The molecule has 0 bridgehead atoms. The van der Waals surface area contributed by atoms with Gasteiger partial charge in [-0.15, -0.1) is 0 Å². The summed E-state index contributed by atoms with van der Waals surface area (Å²) in [5, 5.41) is 3.29. The van der Waals surface area contributed by atoms with Crippen molar-refractivity contribution in [3.05, 3.63) is 60.4 Å². The van der Waals surface area contributed by atoms with Crippen LogP contribution in [0, 0.1) is 5.82 Å². The molecular formula is C15H16FNO. The Morgan fingerprint density at radius 3 is 2.61 bits per heavy atom. The summed E-state index contributed by atoms with van der Waals surface area (Å²) in [6.45, 7) is 1.41. The van der Waals surface area contributed by atoms with Crippen LogP contribution in [0.4, 0.5) is 10.1 Å². The van der Waals surface area contributed by atoms with E-state index < -0.39 is 0 Å². The van der Waals surface area contributed by atoms with Crippen molar-refractivity contribution < 1.29 is 9.13 Å². The average Bonchev–Trinajstić information content (AvgIpc) is 2.40. The van der Waals surface area contributed by atoms with Crippen molar-refractivity contribution in [2.75, 3.05) is 18.5 Å². The topological polar surface area (TPSA) is 21.3 Å². The van der Waals surface area contributed by atoms with Gasteiger partial charge in [0.1, 0.15) is 11.6 Å². The van der Waals surface area contributed by atoms with Crippen molar-refractivity contribution in [2.45, 2.75) is 6.42 Å². The fraction of sp³-hybridized carbons (Fsp3) is 0.200. The van der Waals surface area contributed by atoms with Gasteiger partial charge in [0.25, 0.3) is 0 Å². The average molecular weight is 245 g/mol. The summed E-state index contributed by atoms with van der Waals surface area (Å²) < 4.78 is 18.3. The molecule has 94 valence electrons. The standard InChI is InChI=1S/C15H16FNO/c16-13-6-4-9-15(12-13)18-11-5-10-17-14-7-2-1-3-8-14/h1-4,6-9,12,17H,5,10-11H2. The van der Waals surface area contributed by atoms with E-state index >= 15 is 0 Å². The molecule has 0 aliphatic rings. The lowest BCUT2D eigenvalue weighted by Gasteiger charge is -2.08. The van der Waals surface area contributed by atoms with Gasteiger partial charge >= 0.3 is 0 Å². The Morgan fingerprint density at radius 2 is 1.83 bits per heavy atom. The first-order chi connectivity index (χ1) is 8.84. The van der Waals surface area contributed by atoms with E-state index in [1.807, 2.05) is 30.3 Å². The van der Waals surface area contributed by atoms with Crippen LogP contribution in [0.1, 0.15) is 6.42 Å². The molecule has 0 atom stereocenters. The number of ether oxygens (including phenoxy) is 1. The van der Waals surface area contributed by atoms with Gasteiger partial charge in [0.15, 0.2) is 0 Å². The molecule has 18 heavy (non-hydrogen) atoms. The Labute approximate surface area is 106 Å². The molecule has 2 aromatic rings. The van der Waals surface area contributed by atoms with E-state index in [9.17, 15) is 4.39 Å². The van der Waals surface area contributed by atoms with Crippen LogP contribution in [0.5, 0.6) is 5.75 Å². The second-order valence-corrected chi connectivity index (χ2v) is 3.95. The SMILES string of the molecule is Fc1cccc(OCCCNc2ccccc2)c1. The summed E-state index contributed by atoms with van der Waals surface area (Å²) in [6, 6.07) is 16.2. The van der Waals surface area contributed by atoms with Gasteiger partial charge in [-0.3, -0.25) is 0 Å². The molecule has 3 heteroatoms. The van der Waals surface area contributed by atoms with Gasteiger partial charge in [0.05, 0.1) is 6.61 Å². The number of benzene rings is 2. The van der Waals surface area contributed by atoms with Crippen LogP contribution in [0.2, 0.25) is 0 Å². The third kappa shape index (κ3) is 4.09. The Morgan fingerprint density at radius 1 is 1.00 bits per heavy atom. The zero-order valence-electron chi connectivity index (χ0n) is 10.1. The molecule has 0 unspecified atom stereocenters. The van der Waals surface area contributed by atoms with E-state index in [0.29, 0.717) is 12.4 Å². The van der Waals surface area contributed by atoms with Crippen LogP contribution in [0.3, 0.4) is 0 Å². The lowest BCUT2D eigenvalue weighted by molar-refractivity contribution is 0.313. The second kappa shape index (κ2) is 6.64. The highest BCUT2D eigenvalue weighted by molar-refractivity contribution is 5.42. The van der Waals surface area contributed by atoms with Gasteiger partial charge in [-0.25, -0.2) is 4.39 Å². The largest absolute Gasteiger partial charge is 0.493 e. The minimum Gasteiger partial charge on any atom is -0.493 e. The molecule has 0 radical (unpaired) electrons. The third-order valence-electron chi connectivity index (χ3n) is 2.49. The van der Waals surface area contributed by atoms with Crippen molar-refractivity contribution in [1.29, 1.82) is 0 Å². The highest BCUT2D eigenvalue weighted by Crippen LogP contribution is 2.12. The number of anilines is 1. The van der Waals surface area contributed by atoms with E-state index in [1.54, 1.807) is 12.1 Å². The third-order valence-corrected chi connectivity index (χ3v) is 2.49. The smallest absolute Gasteiger partial charge is 0.126 e. The Bertz CT molecular complexity index is 473. The number of para-hydroxylation sites is 1. The number of hydrogen-bond acceptors (Lipinski definition) is 2. The number of hydrogen-bond donors (Lipinski definition) is 1. The molecule has 2 rings (SSSR count). The first-order valence-electron chi connectivity index (χ1n) is 6.02. The molecule has 1 N–H and O–H groups in total. The van der Waals surface area contributed by atoms with Crippen LogP contribution >= 0.6 is 0 Å². The van der Waals surface area contributed by atoms with E-state index in [1.165, 1.54) is 12.1 Å². The summed E-state index contributed by atoms with van der Waals surface area (Å²) in [5.74, 6) is 0.310. The molecule has 0 saturated carbocycles. The molecule has 0 amide bonds. The molecule has 0 aliphatic carbocycles. The summed E-state index contributed by atoms with van der Waals surface area (Å²) >= 11 is 0. The summed E-state index contributed by atoms with van der Waals surface area (Å²) in [5.41, 5.74) is 1.10. The van der Waals surface area contributed by atoms with Crippen LogP contribution in [-0.2, 0) is 0 Å². The van der Waals surface area contributed by atoms with Gasteiger partial charge in [-0.1, -0.05) is 24.3 Å². The molecule has 0 saturated heterocycles. The van der Waals surface area contributed by atoms with Crippen LogP contribution < -0.4 is 10.1 Å². The van der Waals surface area contributed by atoms with Gasteiger partial charge in [-0.05, 0) is 30.7 Å². The van der Waals surface area contributed by atoms with E-state index in [4.69, 9.17) is 4.74 Å². The van der Waals surface area contributed by atoms with Crippen molar-refractivity contribution in [3.63, 3.8) is 0 Å². The molecular weight excluding hydrogens is 229 g/mol. The van der Waals surface area contributed by atoms with Gasteiger partial charge in [-0.2, -0.15) is 0 Å². The molecule has 0 aliphatic heterocycles. The zero-order valence-corrected chi connectivity index (χ0v) is 10.1. The predicted octanol–water partition coefficient (Wildman–Crippen LogP) is 3.71. The normalized spacial score (nSPS) is 10.1. The lowest BCUT2D eigenvalue weighted by Crippen LogP contribution is -2.07. The number of nitrogens with one attached hydrogen (secondary N) is 1. The van der Waals surface area contributed by atoms with Crippen LogP contribution in [-0.4, -0.2) is 13.2 Å². The quantitative estimate of drug-likeness (QED) is 0.783. The van der Waals surface area contributed by atoms with E-state index in [2.05, 4.69) is 5.32 Å². The summed E-state index contributed by atoms with van der Waals surface area (Å²) in [7, 11) is 0. The molecule has 2 nitrogen and oxygen atoms in total. The predicted molar refractivity (Wildman–Crippen MR) is 71.4 cm³/mol. The van der Waals surface area contributed by atoms with Crippen LogP contribution in [0.15, 0.2) is 54.6 Å². The Balaban J connectivity index is 1.65. The van der Waals surface area contributed by atoms with Gasteiger partial charge in [0, 0.05) is 18.3 Å². The van der Waals surface area contributed by atoms with E-state index in [0.717, 1.165) is 18.7 Å². The Kier molecular flexibility index (Phi) is 4.59. The molecule has 0 fully saturated rings. The minimum absolute atomic E-state index is 0.269. The summed E-state index contributed by atoms with van der Waals surface area (Å²) in [6.07, 6.45) is 0.866. The molecule has 0 spiro atoms. The van der Waals surface area contributed by atoms with E-state index in [-0.39, 0.29) is 5.82 Å². The lowest BCUT2D eigenvalue weighted by atomic mass is 10.3. The van der Waals surface area contributed by atoms with Crippen molar-refractivity contribution in [1.82, 2.24) is 0 Å². The second-order valence-electron chi connectivity index (χ2n) is 3.95. The maximum Gasteiger partial charge on any atom is 0.126 e. The van der Waals surface area contributed by atoms with Gasteiger partial charge in [0.2, 0.25) is 0 Å². The zero-order chi connectivity index (χ0) is 12.6. The maximum atomic E-state index is 12.9. The molecule has 2 aromatic carbocycles. The first-order valence-corrected chi connectivity index (χ1v) is 6.02. The maximum absolute atomic E-state index is 12.9. The number of rotatable bonds is 6. The summed E-state index contributed by atoms with van der Waals surface area (Å²) in [4.78, 5) is 0. The fourth-order valence-corrected chi connectivity index (χ4v) is 1.61. The first kappa shape index (κ1) is 12.4. The van der Waals surface area contributed by atoms with Crippen LogP contribution in [0.25, 0.3) is 0 Å². The van der Waals surface area contributed by atoms with Crippen molar-refractivity contribution in [3.8, 4) is 5.75 Å². The van der Waals surface area contributed by atoms with Crippen molar-refractivity contribution in [2.24, 2.45) is 0 Å². The molecule has 0 heterocycles. The molecule has 0 aromatic heterocycles. The highest BCUT2D eigenvalue weighted by Gasteiger charge is 1.96. The number of halogens is 1.